The molecule has 166 valence electrons. The Bertz CT molecular complexity index is 984. The number of thiocarbonyl (C=S) groups is 1. The molecule has 2 aromatic carbocycles. The van der Waals surface area contributed by atoms with E-state index in [0.29, 0.717) is 0 Å². The van der Waals surface area contributed by atoms with E-state index in [-0.39, 0.29) is 17.9 Å². The zero-order valence-electron chi connectivity index (χ0n) is 18.1. The van der Waals surface area contributed by atoms with Crippen molar-refractivity contribution >= 4 is 23.2 Å². The Kier molecular flexibility index (Phi) is 7.56. The molecule has 1 amide bonds. The Morgan fingerprint density at radius 2 is 1.69 bits per heavy atom. The quantitative estimate of drug-likeness (QED) is 0.529. The highest BCUT2D eigenvalue weighted by Crippen LogP contribution is 2.25. The number of rotatable bonds is 7. The van der Waals surface area contributed by atoms with E-state index in [4.69, 9.17) is 16.6 Å². The van der Waals surface area contributed by atoms with Crippen LogP contribution in [0.25, 0.3) is 0 Å². The van der Waals surface area contributed by atoms with Gasteiger partial charge in [0.2, 0.25) is 5.91 Å². The van der Waals surface area contributed by atoms with Crippen LogP contribution in [0, 0.1) is 5.92 Å². The number of benzene rings is 2. The van der Waals surface area contributed by atoms with Gasteiger partial charge in [-0.25, -0.2) is 0 Å². The standard InChI is InChI=1S/C26H29N3O2S/c30-25(28-24(23-12-7-19-31-23)21-10-5-2-6-11-21)22-14-17-29(18-15-22)26(32)27-16-13-20-8-3-1-4-9-20/h1-12,19,22,24H,13-18H2,(H,27,32)(H,28,30). The highest BCUT2D eigenvalue weighted by atomic mass is 32.1. The maximum Gasteiger partial charge on any atom is 0.224 e. The minimum Gasteiger partial charge on any atom is -0.467 e. The van der Waals surface area contributed by atoms with Crippen molar-refractivity contribution in [2.45, 2.75) is 25.3 Å². The van der Waals surface area contributed by atoms with Gasteiger partial charge in [0.25, 0.3) is 0 Å². The Balaban J connectivity index is 1.27. The third-order valence-corrected chi connectivity index (χ3v) is 6.34. The van der Waals surface area contributed by atoms with Gasteiger partial charge in [0.05, 0.1) is 6.26 Å². The van der Waals surface area contributed by atoms with Gasteiger partial charge in [-0.05, 0) is 54.7 Å². The summed E-state index contributed by atoms with van der Waals surface area (Å²) >= 11 is 5.58. The summed E-state index contributed by atoms with van der Waals surface area (Å²) in [6, 6.07) is 23.8. The Morgan fingerprint density at radius 1 is 1.00 bits per heavy atom. The molecule has 32 heavy (non-hydrogen) atoms. The highest BCUT2D eigenvalue weighted by molar-refractivity contribution is 7.80. The number of hydrogen-bond acceptors (Lipinski definition) is 3. The number of furan rings is 1. The van der Waals surface area contributed by atoms with Gasteiger partial charge in [0.15, 0.2) is 5.11 Å². The third kappa shape index (κ3) is 5.77. The molecule has 0 radical (unpaired) electrons. The Morgan fingerprint density at radius 3 is 2.34 bits per heavy atom. The van der Waals surface area contributed by atoms with E-state index < -0.39 is 0 Å². The highest BCUT2D eigenvalue weighted by Gasteiger charge is 2.29. The molecular formula is C26H29N3O2S. The van der Waals surface area contributed by atoms with E-state index >= 15 is 0 Å². The van der Waals surface area contributed by atoms with E-state index in [2.05, 4.69) is 39.8 Å². The number of carbonyl (C=O) groups excluding carboxylic acids is 1. The number of carbonyl (C=O) groups is 1. The molecule has 1 atom stereocenters. The molecule has 1 saturated heterocycles. The minimum atomic E-state index is -0.280. The molecule has 0 spiro atoms. The largest absolute Gasteiger partial charge is 0.467 e. The van der Waals surface area contributed by atoms with Crippen LogP contribution < -0.4 is 10.6 Å². The summed E-state index contributed by atoms with van der Waals surface area (Å²) in [5.74, 6) is 0.781. The topological polar surface area (TPSA) is 57.5 Å². The fourth-order valence-corrected chi connectivity index (χ4v) is 4.38. The Labute approximate surface area is 194 Å². The maximum atomic E-state index is 13.1. The summed E-state index contributed by atoms with van der Waals surface area (Å²) < 4.78 is 5.61. The summed E-state index contributed by atoms with van der Waals surface area (Å²) in [5.41, 5.74) is 2.31. The summed E-state index contributed by atoms with van der Waals surface area (Å²) in [4.78, 5) is 15.2. The van der Waals surface area contributed by atoms with Crippen LogP contribution in [-0.2, 0) is 11.2 Å². The van der Waals surface area contributed by atoms with Gasteiger partial charge in [-0.1, -0.05) is 60.7 Å². The van der Waals surface area contributed by atoms with Crippen LogP contribution in [0.4, 0.5) is 0 Å². The second kappa shape index (κ2) is 11.0. The molecule has 4 rings (SSSR count). The van der Waals surface area contributed by atoms with Crippen LogP contribution in [0.1, 0.15) is 35.8 Å². The van der Waals surface area contributed by atoms with Crippen LogP contribution in [-0.4, -0.2) is 35.6 Å². The first-order valence-electron chi connectivity index (χ1n) is 11.2. The van der Waals surface area contributed by atoms with Gasteiger partial charge in [-0.15, -0.1) is 0 Å². The summed E-state index contributed by atoms with van der Waals surface area (Å²) in [7, 11) is 0. The molecule has 1 aliphatic heterocycles. The van der Waals surface area contributed by atoms with Gasteiger partial charge >= 0.3 is 0 Å². The van der Waals surface area contributed by atoms with E-state index in [1.54, 1.807) is 6.26 Å². The van der Waals surface area contributed by atoms with Crippen LogP contribution >= 0.6 is 12.2 Å². The average Bonchev–Trinajstić information content (AvgIpc) is 3.38. The molecule has 1 unspecified atom stereocenters. The van der Waals surface area contributed by atoms with Gasteiger partial charge in [-0.2, -0.15) is 0 Å². The summed E-state index contributed by atoms with van der Waals surface area (Å²) in [5, 5.41) is 7.34. The first-order chi connectivity index (χ1) is 15.7. The van der Waals surface area contributed by atoms with Crippen molar-refractivity contribution in [1.29, 1.82) is 0 Å². The smallest absolute Gasteiger partial charge is 0.224 e. The first kappa shape index (κ1) is 22.1. The molecule has 3 aromatic rings. The van der Waals surface area contributed by atoms with Gasteiger partial charge in [0, 0.05) is 25.6 Å². The number of amides is 1. The molecule has 1 aliphatic rings. The zero-order chi connectivity index (χ0) is 22.2. The van der Waals surface area contributed by atoms with Crippen molar-refractivity contribution in [2.24, 2.45) is 5.92 Å². The fraction of sp³-hybridized carbons (Fsp3) is 0.308. The van der Waals surface area contributed by atoms with E-state index in [1.165, 1.54) is 5.56 Å². The monoisotopic (exact) mass is 447 g/mol. The lowest BCUT2D eigenvalue weighted by Crippen LogP contribution is -2.47. The van der Waals surface area contributed by atoms with Crippen molar-refractivity contribution in [3.63, 3.8) is 0 Å². The van der Waals surface area contributed by atoms with Crippen LogP contribution in [0.15, 0.2) is 83.5 Å². The lowest BCUT2D eigenvalue weighted by molar-refractivity contribution is -0.126. The first-order valence-corrected chi connectivity index (χ1v) is 11.6. The molecule has 2 N–H and O–H groups in total. The van der Waals surface area contributed by atoms with E-state index in [9.17, 15) is 4.79 Å². The van der Waals surface area contributed by atoms with Crippen LogP contribution in [0.2, 0.25) is 0 Å². The number of piperidine rings is 1. The van der Waals surface area contributed by atoms with Gasteiger partial charge in [0.1, 0.15) is 11.8 Å². The van der Waals surface area contributed by atoms with E-state index in [0.717, 1.165) is 55.3 Å². The van der Waals surface area contributed by atoms with Gasteiger partial charge in [-0.3, -0.25) is 4.79 Å². The maximum absolute atomic E-state index is 13.1. The fourth-order valence-electron chi connectivity index (χ4n) is 4.09. The number of nitrogens with zero attached hydrogens (tertiary/aromatic N) is 1. The molecule has 0 aliphatic carbocycles. The molecule has 5 nitrogen and oxygen atoms in total. The SMILES string of the molecule is O=C(NC(c1ccccc1)c1ccco1)C1CCN(C(=S)NCCc2ccccc2)CC1. The molecule has 6 heteroatoms. The molecular weight excluding hydrogens is 418 g/mol. The van der Waals surface area contributed by atoms with Crippen molar-refractivity contribution in [2.75, 3.05) is 19.6 Å². The minimum absolute atomic E-state index is 0.0282. The molecule has 0 saturated carbocycles. The van der Waals surface area contributed by atoms with Crippen molar-refractivity contribution in [3.8, 4) is 0 Å². The third-order valence-electron chi connectivity index (χ3n) is 5.93. The van der Waals surface area contributed by atoms with Crippen LogP contribution in [0.5, 0.6) is 0 Å². The predicted molar refractivity (Wildman–Crippen MR) is 130 cm³/mol. The van der Waals surface area contributed by atoms with Crippen molar-refractivity contribution in [1.82, 2.24) is 15.5 Å². The summed E-state index contributed by atoms with van der Waals surface area (Å²) in [6.45, 7) is 2.38. The lowest BCUT2D eigenvalue weighted by Gasteiger charge is -2.33. The average molecular weight is 448 g/mol. The molecule has 1 fully saturated rings. The van der Waals surface area contributed by atoms with Crippen molar-refractivity contribution in [3.05, 3.63) is 95.9 Å². The lowest BCUT2D eigenvalue weighted by atomic mass is 9.95. The van der Waals surface area contributed by atoms with Crippen LogP contribution in [0.3, 0.4) is 0 Å². The van der Waals surface area contributed by atoms with E-state index in [1.807, 2.05) is 48.5 Å². The molecule has 2 heterocycles. The number of nitrogens with one attached hydrogen (secondary N) is 2. The van der Waals surface area contributed by atoms with Gasteiger partial charge < -0.3 is 20.0 Å². The second-order valence-electron chi connectivity index (χ2n) is 8.10. The summed E-state index contributed by atoms with van der Waals surface area (Å²) in [6.07, 6.45) is 4.15. The second-order valence-corrected chi connectivity index (χ2v) is 8.48. The Hall–Kier alpha value is -3.12. The molecule has 0 bridgehead atoms. The van der Waals surface area contributed by atoms with Crippen molar-refractivity contribution < 1.29 is 9.21 Å². The number of hydrogen-bond donors (Lipinski definition) is 2. The molecule has 1 aromatic heterocycles. The normalized spacial score (nSPS) is 15.2. The predicted octanol–water partition coefficient (Wildman–Crippen LogP) is 4.31. The number of likely N-dealkylation sites (tertiary alicyclic amines) is 1. The zero-order valence-corrected chi connectivity index (χ0v) is 18.9.